The standard InChI is InChI=1S/C20H17N7/c21-18-9-17(19-20(23-18)25-26-24-19)8-14-10-22-27(12-14)11-13-5-6-15-3-1-2-4-16(15)7-13/h1-7,9-10,12H,8,11H2,(H3,21,23,24,25,26). The van der Waals surface area contributed by atoms with Gasteiger partial charge >= 0.3 is 0 Å². The topological polar surface area (TPSA) is 98.3 Å². The third-order valence-corrected chi connectivity index (χ3v) is 4.63. The second-order valence-electron chi connectivity index (χ2n) is 6.61. The first-order chi connectivity index (χ1) is 13.2. The molecular formula is C20H17N7. The molecule has 0 aliphatic rings. The molecule has 0 aliphatic carbocycles. The summed E-state index contributed by atoms with van der Waals surface area (Å²) in [6, 6.07) is 16.7. The number of nitrogens with two attached hydrogens (primary N) is 1. The molecule has 0 fully saturated rings. The lowest BCUT2D eigenvalue weighted by molar-refractivity contribution is 0.687. The molecule has 0 bridgehead atoms. The Hall–Kier alpha value is -3.74. The van der Waals surface area contributed by atoms with Crippen molar-refractivity contribution in [1.29, 1.82) is 0 Å². The van der Waals surface area contributed by atoms with Gasteiger partial charge in [0, 0.05) is 12.6 Å². The van der Waals surface area contributed by atoms with Crippen molar-refractivity contribution in [3.8, 4) is 0 Å². The quantitative estimate of drug-likeness (QED) is 0.516. The Balaban J connectivity index is 1.39. The van der Waals surface area contributed by atoms with E-state index in [-0.39, 0.29) is 0 Å². The van der Waals surface area contributed by atoms with Crippen molar-refractivity contribution in [2.24, 2.45) is 0 Å². The summed E-state index contributed by atoms with van der Waals surface area (Å²) in [5.74, 6) is 0.440. The predicted molar refractivity (Wildman–Crippen MR) is 104 cm³/mol. The number of pyridine rings is 1. The molecule has 5 aromatic rings. The monoisotopic (exact) mass is 355 g/mol. The Morgan fingerprint density at radius 2 is 1.85 bits per heavy atom. The normalized spacial score (nSPS) is 11.4. The van der Waals surface area contributed by atoms with Crippen LogP contribution in [0.4, 0.5) is 5.82 Å². The lowest BCUT2D eigenvalue weighted by atomic mass is 10.1. The molecule has 0 spiro atoms. The molecule has 3 aromatic heterocycles. The van der Waals surface area contributed by atoms with E-state index in [4.69, 9.17) is 5.73 Å². The molecule has 0 amide bonds. The number of H-pyrrole nitrogens is 1. The van der Waals surface area contributed by atoms with E-state index in [0.29, 0.717) is 17.9 Å². The summed E-state index contributed by atoms with van der Waals surface area (Å²) in [6.07, 6.45) is 4.61. The minimum Gasteiger partial charge on any atom is -0.384 e. The number of hydrogen-bond donors (Lipinski definition) is 2. The number of fused-ring (bicyclic) bond motifs is 2. The van der Waals surface area contributed by atoms with E-state index in [9.17, 15) is 0 Å². The van der Waals surface area contributed by atoms with Gasteiger partial charge in [0.2, 0.25) is 5.65 Å². The number of nitrogens with zero attached hydrogens (tertiary/aromatic N) is 5. The fourth-order valence-corrected chi connectivity index (χ4v) is 3.38. The fraction of sp³-hybridized carbons (Fsp3) is 0.100. The molecule has 3 heterocycles. The summed E-state index contributed by atoms with van der Waals surface area (Å²) in [5.41, 5.74) is 10.4. The number of aromatic nitrogens is 6. The van der Waals surface area contributed by atoms with Crippen LogP contribution in [0.1, 0.15) is 16.7 Å². The van der Waals surface area contributed by atoms with Crippen LogP contribution in [0.25, 0.3) is 21.9 Å². The van der Waals surface area contributed by atoms with Gasteiger partial charge in [-0.05, 0) is 39.6 Å². The van der Waals surface area contributed by atoms with E-state index >= 15 is 0 Å². The zero-order valence-corrected chi connectivity index (χ0v) is 14.5. The summed E-state index contributed by atoms with van der Waals surface area (Å²) in [7, 11) is 0. The minimum atomic E-state index is 0.440. The van der Waals surface area contributed by atoms with Gasteiger partial charge in [-0.15, -0.1) is 5.10 Å². The van der Waals surface area contributed by atoms with Gasteiger partial charge in [-0.1, -0.05) is 36.4 Å². The third kappa shape index (κ3) is 2.99. The van der Waals surface area contributed by atoms with Gasteiger partial charge in [0.25, 0.3) is 0 Å². The predicted octanol–water partition coefficient (Wildman–Crippen LogP) is 2.92. The molecule has 27 heavy (non-hydrogen) atoms. The van der Waals surface area contributed by atoms with Crippen LogP contribution in [0.2, 0.25) is 0 Å². The number of anilines is 1. The Morgan fingerprint density at radius 1 is 0.963 bits per heavy atom. The van der Waals surface area contributed by atoms with Gasteiger partial charge in [-0.25, -0.2) is 4.98 Å². The SMILES string of the molecule is Nc1cc(Cc2cnn(Cc3ccc4ccccc4c3)c2)c2n[nH]nc2n1. The van der Waals surface area contributed by atoms with Gasteiger partial charge < -0.3 is 5.73 Å². The van der Waals surface area contributed by atoms with Gasteiger partial charge in [0.05, 0.1) is 12.7 Å². The second-order valence-corrected chi connectivity index (χ2v) is 6.61. The van der Waals surface area contributed by atoms with Crippen molar-refractivity contribution in [3.05, 3.63) is 77.6 Å². The summed E-state index contributed by atoms with van der Waals surface area (Å²) < 4.78 is 1.95. The van der Waals surface area contributed by atoms with Gasteiger partial charge in [-0.2, -0.15) is 15.4 Å². The number of aromatic amines is 1. The van der Waals surface area contributed by atoms with Crippen molar-refractivity contribution >= 4 is 27.8 Å². The van der Waals surface area contributed by atoms with E-state index in [1.807, 2.05) is 16.9 Å². The van der Waals surface area contributed by atoms with Gasteiger partial charge in [0.15, 0.2) is 0 Å². The number of nitrogen functional groups attached to an aromatic ring is 1. The van der Waals surface area contributed by atoms with Crippen molar-refractivity contribution in [3.63, 3.8) is 0 Å². The van der Waals surface area contributed by atoms with Crippen LogP contribution in [0.15, 0.2) is 60.9 Å². The smallest absolute Gasteiger partial charge is 0.203 e. The van der Waals surface area contributed by atoms with E-state index < -0.39 is 0 Å². The molecule has 0 atom stereocenters. The lowest BCUT2D eigenvalue weighted by Crippen LogP contribution is -2.00. The first kappa shape index (κ1) is 15.5. The van der Waals surface area contributed by atoms with E-state index in [1.54, 1.807) is 0 Å². The van der Waals surface area contributed by atoms with Crippen LogP contribution < -0.4 is 5.73 Å². The minimum absolute atomic E-state index is 0.440. The van der Waals surface area contributed by atoms with Crippen molar-refractivity contribution in [2.45, 2.75) is 13.0 Å². The summed E-state index contributed by atoms with van der Waals surface area (Å²) >= 11 is 0. The van der Waals surface area contributed by atoms with Crippen molar-refractivity contribution in [2.75, 3.05) is 5.73 Å². The van der Waals surface area contributed by atoms with E-state index in [2.05, 4.69) is 74.2 Å². The van der Waals surface area contributed by atoms with Crippen LogP contribution in [-0.2, 0) is 13.0 Å². The molecule has 2 aromatic carbocycles. The van der Waals surface area contributed by atoms with E-state index in [0.717, 1.165) is 23.2 Å². The van der Waals surface area contributed by atoms with E-state index in [1.165, 1.54) is 16.3 Å². The Bertz CT molecular complexity index is 1250. The zero-order valence-electron chi connectivity index (χ0n) is 14.5. The summed E-state index contributed by atoms with van der Waals surface area (Å²) in [5, 5.41) is 17.8. The maximum atomic E-state index is 5.88. The molecule has 132 valence electrons. The largest absolute Gasteiger partial charge is 0.384 e. The second kappa shape index (κ2) is 6.21. The van der Waals surface area contributed by atoms with Crippen molar-refractivity contribution in [1.82, 2.24) is 30.2 Å². The molecule has 0 saturated heterocycles. The molecule has 0 aliphatic heterocycles. The molecule has 0 radical (unpaired) electrons. The van der Waals surface area contributed by atoms with Crippen LogP contribution >= 0.6 is 0 Å². The fourth-order valence-electron chi connectivity index (χ4n) is 3.38. The molecule has 5 rings (SSSR count). The van der Waals surface area contributed by atoms with Crippen molar-refractivity contribution < 1.29 is 0 Å². The first-order valence-corrected chi connectivity index (χ1v) is 8.69. The number of hydrogen-bond acceptors (Lipinski definition) is 5. The van der Waals surface area contributed by atoms with Crippen LogP contribution in [0.5, 0.6) is 0 Å². The Morgan fingerprint density at radius 3 is 2.78 bits per heavy atom. The summed E-state index contributed by atoms with van der Waals surface area (Å²) in [4.78, 5) is 4.18. The van der Waals surface area contributed by atoms with Crippen LogP contribution in [-0.4, -0.2) is 30.2 Å². The van der Waals surface area contributed by atoms with Crippen LogP contribution in [0.3, 0.4) is 0 Å². The Labute approximate surface area is 154 Å². The maximum absolute atomic E-state index is 5.88. The number of nitrogens with one attached hydrogen (secondary N) is 1. The average Bonchev–Trinajstić information content (AvgIpc) is 3.31. The molecule has 7 nitrogen and oxygen atoms in total. The molecular weight excluding hydrogens is 338 g/mol. The zero-order chi connectivity index (χ0) is 18.2. The number of rotatable bonds is 4. The Kier molecular flexibility index (Phi) is 3.57. The highest BCUT2D eigenvalue weighted by Gasteiger charge is 2.10. The highest BCUT2D eigenvalue weighted by molar-refractivity contribution is 5.83. The molecule has 0 saturated carbocycles. The maximum Gasteiger partial charge on any atom is 0.203 e. The molecule has 3 N–H and O–H groups in total. The summed E-state index contributed by atoms with van der Waals surface area (Å²) in [6.45, 7) is 0.725. The van der Waals surface area contributed by atoms with Gasteiger partial charge in [-0.3, -0.25) is 4.68 Å². The lowest BCUT2D eigenvalue weighted by Gasteiger charge is -2.04. The highest BCUT2D eigenvalue weighted by atomic mass is 15.3. The average molecular weight is 355 g/mol. The first-order valence-electron chi connectivity index (χ1n) is 8.69. The molecule has 7 heteroatoms. The highest BCUT2D eigenvalue weighted by Crippen LogP contribution is 2.20. The van der Waals surface area contributed by atoms with Crippen LogP contribution in [0, 0.1) is 0 Å². The van der Waals surface area contributed by atoms with Gasteiger partial charge in [0.1, 0.15) is 11.3 Å². The third-order valence-electron chi connectivity index (χ3n) is 4.63. The number of benzene rings is 2. The molecule has 0 unspecified atom stereocenters.